The summed E-state index contributed by atoms with van der Waals surface area (Å²) in [6.45, 7) is 10.0. The summed E-state index contributed by atoms with van der Waals surface area (Å²) in [4.78, 5) is 4.41. The normalized spacial score (nSPS) is 20.8. The second-order valence-corrected chi connectivity index (χ2v) is 6.18. The molecule has 0 bridgehead atoms. The summed E-state index contributed by atoms with van der Waals surface area (Å²) in [7, 11) is -0.375. The monoisotopic (exact) mass is 275 g/mol. The summed E-state index contributed by atoms with van der Waals surface area (Å²) in [6.07, 6.45) is 1.87. The van der Waals surface area contributed by atoms with Crippen molar-refractivity contribution >= 4 is 13.2 Å². The minimum atomic E-state index is -0.375. The molecule has 0 amide bonds. The quantitative estimate of drug-likeness (QED) is 0.861. The van der Waals surface area contributed by atoms with Crippen molar-refractivity contribution in [3.05, 3.63) is 35.1 Å². The zero-order chi connectivity index (χ0) is 15.0. The maximum absolute atomic E-state index is 9.20. The second-order valence-electron chi connectivity index (χ2n) is 6.18. The standard InChI is InChI=1S/C15H22BNO3/c1-11-8-12(10-18)9-13(17-11)6-7-16-19-14(2,3)15(4,5)20-16/h6-9,18H,10H2,1-5H3/b7-6+. The molecule has 1 saturated heterocycles. The van der Waals surface area contributed by atoms with Crippen molar-refractivity contribution in [1.82, 2.24) is 4.98 Å². The average Bonchev–Trinajstić information content (AvgIpc) is 2.54. The van der Waals surface area contributed by atoms with Gasteiger partial charge in [0.2, 0.25) is 0 Å². The van der Waals surface area contributed by atoms with Crippen LogP contribution in [0, 0.1) is 6.92 Å². The summed E-state index contributed by atoms with van der Waals surface area (Å²) < 4.78 is 11.8. The molecule has 20 heavy (non-hydrogen) atoms. The molecule has 2 heterocycles. The fourth-order valence-corrected chi connectivity index (χ4v) is 2.09. The molecule has 1 aromatic heterocycles. The lowest BCUT2D eigenvalue weighted by molar-refractivity contribution is 0.00578. The van der Waals surface area contributed by atoms with Crippen molar-refractivity contribution in [2.75, 3.05) is 0 Å². The lowest BCUT2D eigenvalue weighted by atomic mass is 9.89. The highest BCUT2D eigenvalue weighted by Gasteiger charge is 2.49. The zero-order valence-corrected chi connectivity index (χ0v) is 12.8. The van der Waals surface area contributed by atoms with Gasteiger partial charge in [-0.2, -0.15) is 0 Å². The topological polar surface area (TPSA) is 51.6 Å². The Morgan fingerprint density at radius 2 is 1.80 bits per heavy atom. The Labute approximate surface area is 121 Å². The third-order valence-corrected chi connectivity index (χ3v) is 3.91. The molecule has 1 aliphatic heterocycles. The predicted molar refractivity (Wildman–Crippen MR) is 80.0 cm³/mol. The molecule has 0 radical (unpaired) electrons. The first-order valence-corrected chi connectivity index (χ1v) is 6.86. The molecule has 0 atom stereocenters. The highest BCUT2D eigenvalue weighted by molar-refractivity contribution is 6.52. The highest BCUT2D eigenvalue weighted by Crippen LogP contribution is 2.36. The van der Waals surface area contributed by atoms with Crippen LogP contribution in [-0.2, 0) is 15.9 Å². The van der Waals surface area contributed by atoms with Crippen LogP contribution in [-0.4, -0.2) is 28.4 Å². The Morgan fingerprint density at radius 1 is 1.20 bits per heavy atom. The van der Waals surface area contributed by atoms with Crippen molar-refractivity contribution in [2.45, 2.75) is 52.4 Å². The molecule has 1 aromatic rings. The molecule has 108 valence electrons. The van der Waals surface area contributed by atoms with Gasteiger partial charge in [-0.25, -0.2) is 0 Å². The van der Waals surface area contributed by atoms with Crippen LogP contribution in [0.1, 0.15) is 44.6 Å². The maximum Gasteiger partial charge on any atom is 0.487 e. The van der Waals surface area contributed by atoms with Crippen LogP contribution in [0.15, 0.2) is 18.1 Å². The van der Waals surface area contributed by atoms with Crippen molar-refractivity contribution in [2.24, 2.45) is 0 Å². The van der Waals surface area contributed by atoms with Gasteiger partial charge in [-0.3, -0.25) is 4.98 Å². The predicted octanol–water partition coefficient (Wildman–Crippen LogP) is 2.53. The molecular weight excluding hydrogens is 253 g/mol. The van der Waals surface area contributed by atoms with Gasteiger partial charge in [0.05, 0.1) is 23.5 Å². The largest absolute Gasteiger partial charge is 0.487 e. The Balaban J connectivity index is 2.13. The number of rotatable bonds is 3. The maximum atomic E-state index is 9.20. The van der Waals surface area contributed by atoms with E-state index in [0.29, 0.717) is 0 Å². The van der Waals surface area contributed by atoms with E-state index in [1.54, 1.807) is 0 Å². The van der Waals surface area contributed by atoms with Crippen LogP contribution in [0.5, 0.6) is 0 Å². The Bertz CT molecular complexity index is 510. The number of hydrogen-bond acceptors (Lipinski definition) is 4. The molecule has 2 rings (SSSR count). The van der Waals surface area contributed by atoms with Crippen LogP contribution in [0.3, 0.4) is 0 Å². The summed E-state index contributed by atoms with van der Waals surface area (Å²) in [5, 5.41) is 9.20. The van der Waals surface area contributed by atoms with E-state index < -0.39 is 0 Å². The third-order valence-electron chi connectivity index (χ3n) is 3.91. The lowest BCUT2D eigenvalue weighted by Gasteiger charge is -2.32. The first-order valence-electron chi connectivity index (χ1n) is 6.86. The van der Waals surface area contributed by atoms with Gasteiger partial charge in [-0.05, 0) is 58.4 Å². The van der Waals surface area contributed by atoms with Crippen LogP contribution in [0.4, 0.5) is 0 Å². The van der Waals surface area contributed by atoms with Gasteiger partial charge >= 0.3 is 7.12 Å². The van der Waals surface area contributed by atoms with E-state index in [4.69, 9.17) is 9.31 Å². The van der Waals surface area contributed by atoms with Crippen LogP contribution in [0.2, 0.25) is 0 Å². The van der Waals surface area contributed by atoms with E-state index in [1.165, 1.54) is 0 Å². The average molecular weight is 275 g/mol. The van der Waals surface area contributed by atoms with E-state index in [2.05, 4.69) is 4.98 Å². The smallest absolute Gasteiger partial charge is 0.400 e. The van der Waals surface area contributed by atoms with Crippen molar-refractivity contribution in [3.8, 4) is 0 Å². The number of hydrogen-bond donors (Lipinski definition) is 1. The molecule has 4 nitrogen and oxygen atoms in total. The van der Waals surface area contributed by atoms with E-state index in [-0.39, 0.29) is 24.9 Å². The highest BCUT2D eigenvalue weighted by atomic mass is 16.7. The van der Waals surface area contributed by atoms with Gasteiger partial charge < -0.3 is 14.4 Å². The first kappa shape index (κ1) is 15.2. The molecule has 0 aromatic carbocycles. The number of nitrogens with zero attached hydrogens (tertiary/aromatic N) is 1. The minimum absolute atomic E-state index is 0.0146. The summed E-state index contributed by atoms with van der Waals surface area (Å²) in [5.41, 5.74) is 1.86. The minimum Gasteiger partial charge on any atom is -0.400 e. The van der Waals surface area contributed by atoms with Gasteiger partial charge in [0.25, 0.3) is 0 Å². The fraction of sp³-hybridized carbons (Fsp3) is 0.533. The Hall–Kier alpha value is -1.17. The van der Waals surface area contributed by atoms with Crippen LogP contribution in [0.25, 0.3) is 6.08 Å². The van der Waals surface area contributed by atoms with Crippen molar-refractivity contribution in [1.29, 1.82) is 0 Å². The summed E-state index contributed by atoms with van der Waals surface area (Å²) >= 11 is 0. The lowest BCUT2D eigenvalue weighted by Crippen LogP contribution is -2.41. The van der Waals surface area contributed by atoms with Gasteiger partial charge in [-0.15, -0.1) is 0 Å². The van der Waals surface area contributed by atoms with Gasteiger partial charge in [0, 0.05) is 5.69 Å². The molecule has 0 saturated carbocycles. The third kappa shape index (κ3) is 3.11. The van der Waals surface area contributed by atoms with Gasteiger partial charge in [0.1, 0.15) is 0 Å². The van der Waals surface area contributed by atoms with Gasteiger partial charge in [0.15, 0.2) is 0 Å². The van der Waals surface area contributed by atoms with E-state index in [9.17, 15) is 5.11 Å². The Morgan fingerprint density at radius 3 is 2.35 bits per heavy atom. The zero-order valence-electron chi connectivity index (χ0n) is 12.8. The second kappa shape index (κ2) is 5.32. The number of aryl methyl sites for hydroxylation is 1. The van der Waals surface area contributed by atoms with E-state index >= 15 is 0 Å². The number of aromatic nitrogens is 1. The van der Waals surface area contributed by atoms with Crippen LogP contribution < -0.4 is 0 Å². The molecule has 0 spiro atoms. The summed E-state index contributed by atoms with van der Waals surface area (Å²) in [6, 6.07) is 3.72. The first-order chi connectivity index (χ1) is 9.23. The number of aliphatic hydroxyl groups is 1. The molecule has 1 aliphatic rings. The van der Waals surface area contributed by atoms with Crippen LogP contribution >= 0.6 is 0 Å². The van der Waals surface area contributed by atoms with Gasteiger partial charge in [-0.1, -0.05) is 5.98 Å². The number of pyridine rings is 1. The molecule has 1 fully saturated rings. The molecule has 0 unspecified atom stereocenters. The van der Waals surface area contributed by atoms with E-state index in [1.807, 2.05) is 58.8 Å². The molecule has 0 aliphatic carbocycles. The fourth-order valence-electron chi connectivity index (χ4n) is 2.09. The Kier molecular flexibility index (Phi) is 4.05. The van der Waals surface area contributed by atoms with Crippen molar-refractivity contribution in [3.63, 3.8) is 0 Å². The summed E-state index contributed by atoms with van der Waals surface area (Å²) in [5.74, 6) is 1.86. The molecule has 5 heteroatoms. The molecule has 1 N–H and O–H groups in total. The van der Waals surface area contributed by atoms with E-state index in [0.717, 1.165) is 17.0 Å². The van der Waals surface area contributed by atoms with Crippen molar-refractivity contribution < 1.29 is 14.4 Å². The SMILES string of the molecule is Cc1cc(CO)cc(/C=C/B2OC(C)(C)C(C)(C)O2)n1. The molecular formula is C15H22BNO3. The number of aliphatic hydroxyl groups excluding tert-OH is 1.